The van der Waals surface area contributed by atoms with Crippen molar-refractivity contribution in [1.29, 1.82) is 0 Å². The van der Waals surface area contributed by atoms with Crippen LogP contribution in [0.3, 0.4) is 0 Å². The van der Waals surface area contributed by atoms with Crippen molar-refractivity contribution in [1.82, 2.24) is 4.98 Å². The standard InChI is InChI=1S/C15H21N3O/c1-5-19-12(4)13(9-11(2)3)10-18-14-7-6-8-17-15(14)16/h6-9,18H,2,4-5,10H2,1,3H3,(H2,16,17)/b13-9-. The van der Waals surface area contributed by atoms with Crippen molar-refractivity contribution in [3.8, 4) is 0 Å². The van der Waals surface area contributed by atoms with E-state index in [4.69, 9.17) is 10.5 Å². The molecule has 4 nitrogen and oxygen atoms in total. The molecule has 0 radical (unpaired) electrons. The Balaban J connectivity index is 2.77. The first-order valence-electron chi connectivity index (χ1n) is 6.17. The predicted molar refractivity (Wildman–Crippen MR) is 80.8 cm³/mol. The zero-order valence-corrected chi connectivity index (χ0v) is 11.6. The van der Waals surface area contributed by atoms with Gasteiger partial charge in [-0.05, 0) is 26.0 Å². The number of ether oxygens (including phenoxy) is 1. The fourth-order valence-electron chi connectivity index (χ4n) is 1.55. The Kier molecular flexibility index (Phi) is 5.67. The summed E-state index contributed by atoms with van der Waals surface area (Å²) in [7, 11) is 0. The molecule has 0 saturated heterocycles. The number of nitrogens with two attached hydrogens (primary N) is 1. The summed E-state index contributed by atoms with van der Waals surface area (Å²) in [5.74, 6) is 1.11. The van der Waals surface area contributed by atoms with Crippen molar-refractivity contribution in [2.75, 3.05) is 24.2 Å². The highest BCUT2D eigenvalue weighted by atomic mass is 16.5. The number of rotatable bonds is 7. The molecule has 0 aliphatic rings. The second kappa shape index (κ2) is 7.26. The van der Waals surface area contributed by atoms with Gasteiger partial charge >= 0.3 is 0 Å². The lowest BCUT2D eigenvalue weighted by molar-refractivity contribution is 0.239. The van der Waals surface area contributed by atoms with E-state index >= 15 is 0 Å². The van der Waals surface area contributed by atoms with Crippen LogP contribution in [0.25, 0.3) is 0 Å². The minimum Gasteiger partial charge on any atom is -0.494 e. The molecule has 0 fully saturated rings. The molecule has 0 aliphatic carbocycles. The highest BCUT2D eigenvalue weighted by Gasteiger charge is 2.05. The zero-order chi connectivity index (χ0) is 14.3. The predicted octanol–water partition coefficient (Wildman–Crippen LogP) is 3.13. The third kappa shape index (κ3) is 4.87. The van der Waals surface area contributed by atoms with Crippen LogP contribution in [0.4, 0.5) is 11.5 Å². The van der Waals surface area contributed by atoms with Crippen LogP contribution in [0.2, 0.25) is 0 Å². The van der Waals surface area contributed by atoms with Crippen molar-refractivity contribution in [2.24, 2.45) is 0 Å². The lowest BCUT2D eigenvalue weighted by atomic mass is 10.1. The first kappa shape index (κ1) is 14.8. The van der Waals surface area contributed by atoms with Gasteiger partial charge in [-0.15, -0.1) is 0 Å². The Hall–Kier alpha value is -2.23. The fourth-order valence-corrected chi connectivity index (χ4v) is 1.55. The van der Waals surface area contributed by atoms with E-state index in [0.29, 0.717) is 24.7 Å². The van der Waals surface area contributed by atoms with Crippen LogP contribution in [0.1, 0.15) is 13.8 Å². The maximum atomic E-state index is 5.78. The normalized spacial score (nSPS) is 10.9. The summed E-state index contributed by atoms with van der Waals surface area (Å²) < 4.78 is 5.43. The van der Waals surface area contributed by atoms with Gasteiger partial charge in [0.05, 0.1) is 12.3 Å². The van der Waals surface area contributed by atoms with Gasteiger partial charge in [0.2, 0.25) is 0 Å². The summed E-state index contributed by atoms with van der Waals surface area (Å²) >= 11 is 0. The molecule has 0 unspecified atom stereocenters. The summed E-state index contributed by atoms with van der Waals surface area (Å²) in [5.41, 5.74) is 8.45. The molecule has 1 aromatic rings. The van der Waals surface area contributed by atoms with Gasteiger partial charge in [0.25, 0.3) is 0 Å². The molecule has 0 atom stereocenters. The highest BCUT2D eigenvalue weighted by Crippen LogP contribution is 2.17. The van der Waals surface area contributed by atoms with Gasteiger partial charge < -0.3 is 15.8 Å². The van der Waals surface area contributed by atoms with Crippen LogP contribution < -0.4 is 11.1 Å². The van der Waals surface area contributed by atoms with Crippen LogP contribution in [0.5, 0.6) is 0 Å². The van der Waals surface area contributed by atoms with Gasteiger partial charge in [-0.25, -0.2) is 4.98 Å². The molecule has 0 amide bonds. The molecule has 102 valence electrons. The Morgan fingerprint density at radius 2 is 2.26 bits per heavy atom. The van der Waals surface area contributed by atoms with Crippen molar-refractivity contribution in [2.45, 2.75) is 13.8 Å². The number of anilines is 2. The van der Waals surface area contributed by atoms with Gasteiger partial charge in [-0.1, -0.05) is 24.8 Å². The number of nitrogens with one attached hydrogen (secondary N) is 1. The molecule has 1 heterocycles. The third-order valence-corrected chi connectivity index (χ3v) is 2.41. The Morgan fingerprint density at radius 1 is 1.53 bits per heavy atom. The number of nitrogen functional groups attached to an aromatic ring is 1. The molecule has 19 heavy (non-hydrogen) atoms. The van der Waals surface area contributed by atoms with Crippen molar-refractivity contribution >= 4 is 11.5 Å². The number of pyridine rings is 1. The number of hydrogen-bond donors (Lipinski definition) is 2. The first-order valence-corrected chi connectivity index (χ1v) is 6.17. The van der Waals surface area contributed by atoms with Gasteiger partial charge in [0.1, 0.15) is 11.6 Å². The summed E-state index contributed by atoms with van der Waals surface area (Å²) in [4.78, 5) is 4.02. The van der Waals surface area contributed by atoms with Crippen LogP contribution in [0.15, 0.2) is 54.5 Å². The second-order valence-electron chi connectivity index (χ2n) is 4.16. The quantitative estimate of drug-likeness (QED) is 0.583. The Labute approximate surface area is 114 Å². The minimum absolute atomic E-state index is 0.471. The highest BCUT2D eigenvalue weighted by molar-refractivity contribution is 5.61. The third-order valence-electron chi connectivity index (χ3n) is 2.41. The maximum Gasteiger partial charge on any atom is 0.146 e. The maximum absolute atomic E-state index is 5.78. The van der Waals surface area contributed by atoms with Crippen LogP contribution in [-0.4, -0.2) is 18.1 Å². The van der Waals surface area contributed by atoms with E-state index in [2.05, 4.69) is 23.5 Å². The van der Waals surface area contributed by atoms with Crippen LogP contribution in [0, 0.1) is 0 Å². The number of aromatic nitrogens is 1. The van der Waals surface area contributed by atoms with E-state index < -0.39 is 0 Å². The molecule has 0 saturated carbocycles. The minimum atomic E-state index is 0.471. The lowest BCUT2D eigenvalue weighted by Crippen LogP contribution is -2.10. The molecular weight excluding hydrogens is 238 g/mol. The molecular formula is C15H21N3O. The van der Waals surface area contributed by atoms with Crippen molar-refractivity contribution < 1.29 is 4.74 Å². The van der Waals surface area contributed by atoms with E-state index in [-0.39, 0.29) is 0 Å². The smallest absolute Gasteiger partial charge is 0.146 e. The SMILES string of the molecule is C=C(C)/C=C(/CNc1cccnc1N)C(=C)OCC. The Morgan fingerprint density at radius 3 is 2.84 bits per heavy atom. The van der Waals surface area contributed by atoms with Crippen molar-refractivity contribution in [3.63, 3.8) is 0 Å². The second-order valence-corrected chi connectivity index (χ2v) is 4.16. The lowest BCUT2D eigenvalue weighted by Gasteiger charge is -2.14. The zero-order valence-electron chi connectivity index (χ0n) is 11.6. The molecule has 0 aromatic carbocycles. The van der Waals surface area contributed by atoms with Gasteiger partial charge in [0, 0.05) is 18.3 Å². The van der Waals surface area contributed by atoms with Crippen LogP contribution >= 0.6 is 0 Å². The van der Waals surface area contributed by atoms with Crippen molar-refractivity contribution in [3.05, 3.63) is 54.5 Å². The van der Waals surface area contributed by atoms with E-state index in [1.165, 1.54) is 0 Å². The topological polar surface area (TPSA) is 60.2 Å². The summed E-state index contributed by atoms with van der Waals surface area (Å²) in [6, 6.07) is 3.71. The van der Waals surface area contributed by atoms with Gasteiger partial charge in [-0.3, -0.25) is 0 Å². The van der Waals surface area contributed by atoms with Gasteiger partial charge in [0.15, 0.2) is 0 Å². The molecule has 3 N–H and O–H groups in total. The van der Waals surface area contributed by atoms with E-state index in [9.17, 15) is 0 Å². The molecule has 1 aromatic heterocycles. The number of hydrogen-bond acceptors (Lipinski definition) is 4. The molecule has 0 aliphatic heterocycles. The molecule has 1 rings (SSSR count). The van der Waals surface area contributed by atoms with E-state index in [1.54, 1.807) is 6.20 Å². The monoisotopic (exact) mass is 259 g/mol. The van der Waals surface area contributed by atoms with Gasteiger partial charge in [-0.2, -0.15) is 0 Å². The van der Waals surface area contributed by atoms with E-state index in [0.717, 1.165) is 16.8 Å². The average Bonchev–Trinajstić information content (AvgIpc) is 2.36. The molecule has 0 bridgehead atoms. The fraction of sp³-hybridized carbons (Fsp3) is 0.267. The van der Waals surface area contributed by atoms with E-state index in [1.807, 2.05) is 32.1 Å². The largest absolute Gasteiger partial charge is 0.494 e. The summed E-state index contributed by atoms with van der Waals surface area (Å²) in [6.45, 7) is 12.8. The number of allylic oxidation sites excluding steroid dienone is 2. The molecule has 4 heteroatoms. The first-order chi connectivity index (χ1) is 9.04. The summed E-state index contributed by atoms with van der Waals surface area (Å²) in [6.07, 6.45) is 3.60. The summed E-state index contributed by atoms with van der Waals surface area (Å²) in [5, 5.41) is 3.22. The molecule has 0 spiro atoms. The number of nitrogens with zero attached hydrogens (tertiary/aromatic N) is 1. The Bertz CT molecular complexity index is 492. The average molecular weight is 259 g/mol. The van der Waals surface area contributed by atoms with Crippen LogP contribution in [-0.2, 0) is 4.74 Å².